The minimum atomic E-state index is -1.09. The van der Waals surface area contributed by atoms with Crippen LogP contribution < -0.4 is 10.6 Å². The van der Waals surface area contributed by atoms with Crippen LogP contribution in [0, 0.1) is 5.41 Å². The Morgan fingerprint density at radius 3 is 2.49 bits per heavy atom. The van der Waals surface area contributed by atoms with E-state index in [9.17, 15) is 9.90 Å². The zero-order chi connectivity index (χ0) is 27.4. The van der Waals surface area contributed by atoms with Crippen molar-refractivity contribution in [3.05, 3.63) is 101 Å². The van der Waals surface area contributed by atoms with E-state index >= 15 is 0 Å². The summed E-state index contributed by atoms with van der Waals surface area (Å²) in [5.74, 6) is 1.28. The van der Waals surface area contributed by atoms with Gasteiger partial charge in [-0.05, 0) is 23.3 Å². The van der Waals surface area contributed by atoms with Gasteiger partial charge in [0.15, 0.2) is 12.1 Å². The number of hydrogen-bond acceptors (Lipinski definition) is 6. The van der Waals surface area contributed by atoms with Gasteiger partial charge in [-0.25, -0.2) is 4.98 Å². The second-order valence-electron chi connectivity index (χ2n) is 10.9. The van der Waals surface area contributed by atoms with E-state index in [0.717, 1.165) is 46.6 Å². The maximum absolute atomic E-state index is 12.9. The fourth-order valence-electron chi connectivity index (χ4n) is 4.70. The molecule has 0 saturated heterocycles. The van der Waals surface area contributed by atoms with E-state index in [1.54, 1.807) is 11.9 Å². The van der Waals surface area contributed by atoms with Gasteiger partial charge in [-0.2, -0.15) is 0 Å². The maximum Gasteiger partial charge on any atom is 0.236 e. The van der Waals surface area contributed by atoms with Crippen LogP contribution in [-0.2, 0) is 17.9 Å². The van der Waals surface area contributed by atoms with E-state index in [1.165, 1.54) is 0 Å². The number of likely N-dealkylation sites (N-methyl/N-ethyl adjacent to an activating group) is 1. The topological polar surface area (TPSA) is 94.8 Å². The van der Waals surface area contributed by atoms with Gasteiger partial charge in [0.1, 0.15) is 5.84 Å². The standard InChI is InChI=1S/C31H36N6O2/c1-31(2)20-33-28(34-21-31)24-15-13-23(14-16-24)18-36(3)27(38)17-32-30(39)29-35-25-11-7-8-12-26(25)37(29)19-22-9-5-4-6-10-22/h4-16,30,32,39H,17-21H2,1-3H3,(H,33,34). The number of nitrogens with one attached hydrogen (secondary N) is 2. The number of benzene rings is 3. The number of imidazole rings is 1. The first-order valence-corrected chi connectivity index (χ1v) is 13.3. The molecular weight excluding hydrogens is 488 g/mol. The first-order valence-electron chi connectivity index (χ1n) is 13.3. The van der Waals surface area contributed by atoms with E-state index in [0.29, 0.717) is 18.9 Å². The highest BCUT2D eigenvalue weighted by molar-refractivity contribution is 5.99. The normalized spacial score (nSPS) is 15.4. The van der Waals surface area contributed by atoms with E-state index in [-0.39, 0.29) is 17.9 Å². The third-order valence-corrected chi connectivity index (χ3v) is 7.03. The number of carbonyl (C=O) groups is 1. The van der Waals surface area contributed by atoms with Crippen molar-refractivity contribution < 1.29 is 9.90 Å². The molecule has 1 unspecified atom stereocenters. The predicted molar refractivity (Wildman–Crippen MR) is 154 cm³/mol. The van der Waals surface area contributed by atoms with E-state index in [2.05, 4.69) is 34.5 Å². The van der Waals surface area contributed by atoms with Crippen molar-refractivity contribution in [2.24, 2.45) is 10.4 Å². The second kappa shape index (κ2) is 11.4. The Morgan fingerprint density at radius 1 is 1.05 bits per heavy atom. The van der Waals surface area contributed by atoms with Gasteiger partial charge in [0, 0.05) is 44.2 Å². The van der Waals surface area contributed by atoms with Crippen molar-refractivity contribution in [3.8, 4) is 0 Å². The summed E-state index contributed by atoms with van der Waals surface area (Å²) in [7, 11) is 1.77. The Labute approximate surface area is 229 Å². The molecule has 8 nitrogen and oxygen atoms in total. The van der Waals surface area contributed by atoms with Crippen molar-refractivity contribution in [1.82, 2.24) is 25.1 Å². The van der Waals surface area contributed by atoms with Crippen LogP contribution in [0.4, 0.5) is 0 Å². The second-order valence-corrected chi connectivity index (χ2v) is 10.9. The summed E-state index contributed by atoms with van der Waals surface area (Å²) in [6.45, 7) is 7.12. The van der Waals surface area contributed by atoms with Crippen LogP contribution >= 0.6 is 0 Å². The minimum Gasteiger partial charge on any atom is -0.371 e. The molecular formula is C31H36N6O2. The van der Waals surface area contributed by atoms with E-state index < -0.39 is 6.23 Å². The zero-order valence-electron chi connectivity index (χ0n) is 22.8. The zero-order valence-corrected chi connectivity index (χ0v) is 22.8. The third-order valence-electron chi connectivity index (χ3n) is 7.03. The molecule has 1 atom stereocenters. The molecule has 0 radical (unpaired) electrons. The summed E-state index contributed by atoms with van der Waals surface area (Å²) in [5.41, 5.74) is 5.08. The molecule has 2 heterocycles. The van der Waals surface area contributed by atoms with Crippen LogP contribution in [0.1, 0.15) is 42.6 Å². The molecule has 5 rings (SSSR count). The Kier molecular flexibility index (Phi) is 7.77. The quantitative estimate of drug-likeness (QED) is 0.290. The lowest BCUT2D eigenvalue weighted by atomic mass is 9.92. The van der Waals surface area contributed by atoms with Crippen LogP contribution in [0.2, 0.25) is 0 Å². The Balaban J connectivity index is 1.20. The molecule has 4 aromatic rings. The number of hydrogen-bond donors (Lipinski definition) is 3. The maximum atomic E-state index is 12.9. The SMILES string of the molecule is CN(Cc1ccc(C2=NCC(C)(C)CN2)cc1)C(=O)CNC(O)c1nc2ccccc2n1Cc1ccccc1. The molecule has 0 aliphatic carbocycles. The van der Waals surface area contributed by atoms with Gasteiger partial charge in [0.25, 0.3) is 0 Å². The summed E-state index contributed by atoms with van der Waals surface area (Å²) >= 11 is 0. The lowest BCUT2D eigenvalue weighted by molar-refractivity contribution is -0.130. The Hall–Kier alpha value is -4.01. The first-order chi connectivity index (χ1) is 18.8. The van der Waals surface area contributed by atoms with Crippen molar-refractivity contribution in [3.63, 3.8) is 0 Å². The van der Waals surface area contributed by atoms with Gasteiger partial charge in [-0.3, -0.25) is 15.1 Å². The van der Waals surface area contributed by atoms with Gasteiger partial charge < -0.3 is 19.9 Å². The summed E-state index contributed by atoms with van der Waals surface area (Å²) < 4.78 is 1.99. The molecule has 3 N–H and O–H groups in total. The van der Waals surface area contributed by atoms with Gasteiger partial charge in [-0.1, -0.05) is 80.6 Å². The highest BCUT2D eigenvalue weighted by atomic mass is 16.3. The molecule has 1 aromatic heterocycles. The molecule has 1 aliphatic rings. The molecule has 1 amide bonds. The van der Waals surface area contributed by atoms with E-state index in [1.807, 2.05) is 83.4 Å². The van der Waals surface area contributed by atoms with Crippen LogP contribution in [0.25, 0.3) is 11.0 Å². The highest BCUT2D eigenvalue weighted by Gasteiger charge is 2.23. The first kappa shape index (κ1) is 26.6. The molecule has 3 aromatic carbocycles. The number of aliphatic imine (C=N–C) groups is 1. The van der Waals surface area contributed by atoms with Gasteiger partial charge in [-0.15, -0.1) is 0 Å². The summed E-state index contributed by atoms with van der Waals surface area (Å²) in [4.78, 5) is 23.9. The molecule has 39 heavy (non-hydrogen) atoms. The van der Waals surface area contributed by atoms with Crippen molar-refractivity contribution >= 4 is 22.8 Å². The molecule has 0 saturated carbocycles. The van der Waals surface area contributed by atoms with Crippen LogP contribution in [0.15, 0.2) is 83.9 Å². The molecule has 1 aliphatic heterocycles. The smallest absolute Gasteiger partial charge is 0.236 e. The number of nitrogens with zero attached hydrogens (tertiary/aromatic N) is 4. The molecule has 202 valence electrons. The average Bonchev–Trinajstić information content (AvgIpc) is 3.31. The summed E-state index contributed by atoms with van der Waals surface area (Å²) in [5, 5.41) is 17.4. The largest absolute Gasteiger partial charge is 0.371 e. The number of amides is 1. The fraction of sp³-hybridized carbons (Fsp3) is 0.323. The van der Waals surface area contributed by atoms with Gasteiger partial charge in [0.05, 0.1) is 17.6 Å². The molecule has 0 fully saturated rings. The Morgan fingerprint density at radius 2 is 1.77 bits per heavy atom. The lowest BCUT2D eigenvalue weighted by Gasteiger charge is -2.29. The summed E-state index contributed by atoms with van der Waals surface area (Å²) in [6.07, 6.45) is -1.09. The van der Waals surface area contributed by atoms with Gasteiger partial charge in [0.2, 0.25) is 5.91 Å². The number of para-hydroxylation sites is 2. The molecule has 8 heteroatoms. The van der Waals surface area contributed by atoms with Crippen LogP contribution in [0.5, 0.6) is 0 Å². The predicted octanol–water partition coefficient (Wildman–Crippen LogP) is 3.70. The third kappa shape index (κ3) is 6.35. The van der Waals surface area contributed by atoms with Crippen LogP contribution in [0.3, 0.4) is 0 Å². The summed E-state index contributed by atoms with van der Waals surface area (Å²) in [6, 6.07) is 26.0. The van der Waals surface area contributed by atoms with Crippen molar-refractivity contribution in [2.45, 2.75) is 33.2 Å². The number of fused-ring (bicyclic) bond motifs is 1. The number of carbonyl (C=O) groups excluding carboxylic acids is 1. The van der Waals surface area contributed by atoms with Crippen molar-refractivity contribution in [1.29, 1.82) is 0 Å². The minimum absolute atomic E-state index is 0.0131. The van der Waals surface area contributed by atoms with Crippen molar-refractivity contribution in [2.75, 3.05) is 26.7 Å². The van der Waals surface area contributed by atoms with Gasteiger partial charge >= 0.3 is 0 Å². The highest BCUT2D eigenvalue weighted by Crippen LogP contribution is 2.22. The lowest BCUT2D eigenvalue weighted by Crippen LogP contribution is -2.41. The Bertz CT molecular complexity index is 1460. The fourth-order valence-corrected chi connectivity index (χ4v) is 4.70. The number of aromatic nitrogens is 2. The molecule has 0 bridgehead atoms. The number of amidine groups is 1. The monoisotopic (exact) mass is 524 g/mol. The average molecular weight is 525 g/mol. The van der Waals surface area contributed by atoms with Crippen LogP contribution in [-0.4, -0.2) is 58.0 Å². The van der Waals surface area contributed by atoms with E-state index in [4.69, 9.17) is 0 Å². The number of rotatable bonds is 9. The number of aliphatic hydroxyl groups is 1. The molecule has 0 spiro atoms. The number of aliphatic hydroxyl groups excluding tert-OH is 1.